The number of aliphatic hydroxyl groups excluding tert-OH is 1. The average Bonchev–Trinajstić information content (AvgIpc) is 2.34. The molecule has 1 unspecified atom stereocenters. The summed E-state index contributed by atoms with van der Waals surface area (Å²) in [6.45, 7) is 4.41. The summed E-state index contributed by atoms with van der Waals surface area (Å²) in [5, 5.41) is 9.35. The van der Waals surface area contributed by atoms with E-state index in [0.717, 1.165) is 12.0 Å². The molecule has 1 aromatic rings. The number of hydrogen-bond acceptors (Lipinski definition) is 2. The normalized spacial score (nSPS) is 11.5. The van der Waals surface area contributed by atoms with Crippen LogP contribution in [0.5, 0.6) is 5.75 Å². The van der Waals surface area contributed by atoms with Gasteiger partial charge >= 0.3 is 0 Å². The highest BCUT2D eigenvalue weighted by molar-refractivity contribution is 6.30. The Labute approximate surface area is 108 Å². The highest BCUT2D eigenvalue weighted by Gasteiger charge is 2.02. The van der Waals surface area contributed by atoms with Gasteiger partial charge in [-0.2, -0.15) is 0 Å². The molecular weight excluding hydrogens is 236 g/mol. The van der Waals surface area contributed by atoms with Gasteiger partial charge in [-0.25, -0.2) is 0 Å². The van der Waals surface area contributed by atoms with Crippen LogP contribution in [0.4, 0.5) is 0 Å². The molecule has 2 nitrogen and oxygen atoms in total. The van der Waals surface area contributed by atoms with Crippen LogP contribution in [0.15, 0.2) is 18.2 Å². The Hall–Kier alpha value is -1.17. The van der Waals surface area contributed by atoms with Crippen molar-refractivity contribution in [1.29, 1.82) is 0 Å². The Balaban J connectivity index is 2.92. The molecule has 0 aromatic heterocycles. The zero-order chi connectivity index (χ0) is 12.7. The van der Waals surface area contributed by atoms with Crippen molar-refractivity contribution in [2.45, 2.75) is 20.3 Å². The fourth-order valence-corrected chi connectivity index (χ4v) is 1.34. The van der Waals surface area contributed by atoms with Gasteiger partial charge in [-0.05, 0) is 18.6 Å². The van der Waals surface area contributed by atoms with Crippen molar-refractivity contribution in [3.8, 4) is 17.6 Å². The fraction of sp³-hybridized carbons (Fsp3) is 0.429. The van der Waals surface area contributed by atoms with E-state index in [1.165, 1.54) is 0 Å². The number of rotatable bonds is 4. The number of aliphatic hydroxyl groups is 1. The van der Waals surface area contributed by atoms with E-state index in [2.05, 4.69) is 25.7 Å². The molecule has 0 radical (unpaired) electrons. The molecule has 1 atom stereocenters. The zero-order valence-electron chi connectivity index (χ0n) is 10.2. The molecule has 1 N–H and O–H groups in total. The Morgan fingerprint density at radius 1 is 1.47 bits per heavy atom. The molecule has 17 heavy (non-hydrogen) atoms. The summed E-state index contributed by atoms with van der Waals surface area (Å²) in [6.07, 6.45) is 1.02. The van der Waals surface area contributed by atoms with E-state index in [4.69, 9.17) is 21.4 Å². The smallest absolute Gasteiger partial charge is 0.136 e. The van der Waals surface area contributed by atoms with Crippen LogP contribution in [-0.4, -0.2) is 18.3 Å². The fourth-order valence-electron chi connectivity index (χ4n) is 1.18. The third kappa shape index (κ3) is 4.68. The predicted molar refractivity (Wildman–Crippen MR) is 70.4 cm³/mol. The minimum Gasteiger partial charge on any atom is -0.490 e. The molecule has 0 aliphatic heterocycles. The van der Waals surface area contributed by atoms with E-state index >= 15 is 0 Å². The van der Waals surface area contributed by atoms with E-state index in [0.29, 0.717) is 16.7 Å². The van der Waals surface area contributed by atoms with Gasteiger partial charge in [-0.1, -0.05) is 37.3 Å². The third-order valence-corrected chi connectivity index (χ3v) is 2.59. The molecule has 0 fully saturated rings. The van der Waals surface area contributed by atoms with Crippen molar-refractivity contribution < 1.29 is 9.84 Å². The molecule has 1 rings (SSSR count). The molecular formula is C14H17ClO2. The average molecular weight is 253 g/mol. The maximum Gasteiger partial charge on any atom is 0.136 e. The number of ether oxygens (including phenoxy) is 1. The Bertz CT molecular complexity index is 418. The lowest BCUT2D eigenvalue weighted by atomic mass is 10.1. The zero-order valence-corrected chi connectivity index (χ0v) is 10.9. The van der Waals surface area contributed by atoms with Crippen molar-refractivity contribution in [2.75, 3.05) is 13.2 Å². The molecule has 0 spiro atoms. The lowest BCUT2D eigenvalue weighted by molar-refractivity contribution is 0.201. The van der Waals surface area contributed by atoms with Crippen molar-refractivity contribution in [2.24, 2.45) is 5.92 Å². The Morgan fingerprint density at radius 3 is 2.88 bits per heavy atom. The van der Waals surface area contributed by atoms with Crippen LogP contribution in [0.1, 0.15) is 25.8 Å². The van der Waals surface area contributed by atoms with Gasteiger partial charge in [-0.3, -0.25) is 0 Å². The van der Waals surface area contributed by atoms with Crippen LogP contribution in [-0.2, 0) is 0 Å². The van der Waals surface area contributed by atoms with Crippen LogP contribution >= 0.6 is 11.6 Å². The van der Waals surface area contributed by atoms with Gasteiger partial charge in [0.2, 0.25) is 0 Å². The van der Waals surface area contributed by atoms with Crippen molar-refractivity contribution in [3.05, 3.63) is 28.8 Å². The minimum absolute atomic E-state index is 0.0231. The van der Waals surface area contributed by atoms with Crippen molar-refractivity contribution >= 4 is 11.6 Å². The van der Waals surface area contributed by atoms with E-state index in [1.807, 2.05) is 6.07 Å². The molecule has 3 heteroatoms. The lowest BCUT2D eigenvalue weighted by Crippen LogP contribution is -2.03. The van der Waals surface area contributed by atoms with Crippen molar-refractivity contribution in [3.63, 3.8) is 0 Å². The van der Waals surface area contributed by atoms with Crippen LogP contribution in [0.3, 0.4) is 0 Å². The second kappa shape index (κ2) is 7.21. The summed E-state index contributed by atoms with van der Waals surface area (Å²) in [6, 6.07) is 5.34. The second-order valence-electron chi connectivity index (χ2n) is 3.79. The number of halogens is 1. The minimum atomic E-state index is -0.0231. The van der Waals surface area contributed by atoms with Gasteiger partial charge in [0.1, 0.15) is 12.4 Å². The van der Waals surface area contributed by atoms with Gasteiger partial charge in [0.05, 0.1) is 12.2 Å². The molecule has 0 saturated carbocycles. The van der Waals surface area contributed by atoms with Crippen molar-refractivity contribution in [1.82, 2.24) is 0 Å². The highest BCUT2D eigenvalue weighted by Crippen LogP contribution is 2.22. The van der Waals surface area contributed by atoms with Gasteiger partial charge in [-0.15, -0.1) is 0 Å². The summed E-state index contributed by atoms with van der Waals surface area (Å²) >= 11 is 5.90. The first kappa shape index (κ1) is 13.9. The standard InChI is InChI=1S/C14H17ClO2/c1-3-11(2)4-5-12-6-7-13(15)10-14(12)17-9-8-16/h6-7,10-11,16H,3,8-9H2,1-2H3. The summed E-state index contributed by atoms with van der Waals surface area (Å²) in [5.74, 6) is 7.22. The van der Waals surface area contributed by atoms with Gasteiger partial charge in [0.15, 0.2) is 0 Å². The second-order valence-corrected chi connectivity index (χ2v) is 4.23. The quantitative estimate of drug-likeness (QED) is 0.835. The number of benzene rings is 1. The molecule has 0 amide bonds. The summed E-state index contributed by atoms with van der Waals surface area (Å²) < 4.78 is 5.40. The lowest BCUT2D eigenvalue weighted by Gasteiger charge is -2.07. The molecule has 0 saturated heterocycles. The predicted octanol–water partition coefficient (Wildman–Crippen LogP) is 3.11. The first-order chi connectivity index (χ1) is 8.17. The van der Waals surface area contributed by atoms with E-state index in [-0.39, 0.29) is 13.2 Å². The molecule has 1 aromatic carbocycles. The maximum absolute atomic E-state index is 8.75. The molecule has 0 aliphatic carbocycles. The first-order valence-corrected chi connectivity index (χ1v) is 6.10. The molecule has 0 heterocycles. The van der Waals surface area contributed by atoms with Crippen LogP contribution < -0.4 is 4.74 Å². The monoisotopic (exact) mass is 252 g/mol. The van der Waals surface area contributed by atoms with Crippen LogP contribution in [0, 0.1) is 17.8 Å². The maximum atomic E-state index is 8.75. The van der Waals surface area contributed by atoms with E-state index < -0.39 is 0 Å². The topological polar surface area (TPSA) is 29.5 Å². The SMILES string of the molecule is CCC(C)C#Cc1ccc(Cl)cc1OCCO. The molecule has 92 valence electrons. The molecule has 0 bridgehead atoms. The number of hydrogen-bond donors (Lipinski definition) is 1. The first-order valence-electron chi connectivity index (χ1n) is 5.72. The van der Waals surface area contributed by atoms with Crippen LogP contribution in [0.2, 0.25) is 5.02 Å². The third-order valence-electron chi connectivity index (χ3n) is 2.36. The van der Waals surface area contributed by atoms with Gasteiger partial charge in [0.25, 0.3) is 0 Å². The largest absolute Gasteiger partial charge is 0.490 e. The van der Waals surface area contributed by atoms with E-state index in [1.54, 1.807) is 12.1 Å². The summed E-state index contributed by atoms with van der Waals surface area (Å²) in [5.41, 5.74) is 0.808. The Morgan fingerprint density at radius 2 is 2.24 bits per heavy atom. The Kier molecular flexibility index (Phi) is 5.90. The summed E-state index contributed by atoms with van der Waals surface area (Å²) in [7, 11) is 0. The summed E-state index contributed by atoms with van der Waals surface area (Å²) in [4.78, 5) is 0. The highest BCUT2D eigenvalue weighted by atomic mass is 35.5. The van der Waals surface area contributed by atoms with Gasteiger partial charge in [0, 0.05) is 17.0 Å². The molecule has 0 aliphatic rings. The van der Waals surface area contributed by atoms with Gasteiger partial charge < -0.3 is 9.84 Å². The van der Waals surface area contributed by atoms with E-state index in [9.17, 15) is 0 Å². The van der Waals surface area contributed by atoms with Crippen LogP contribution in [0.25, 0.3) is 0 Å².